The first-order valence-electron chi connectivity index (χ1n) is 6.77. The van der Waals surface area contributed by atoms with Crippen LogP contribution in [0.4, 0.5) is 17.6 Å². The molecule has 0 spiro atoms. The Kier molecular flexibility index (Phi) is 5.02. The second kappa shape index (κ2) is 6.62. The summed E-state index contributed by atoms with van der Waals surface area (Å²) in [5.41, 5.74) is -1.51. The van der Waals surface area contributed by atoms with Crippen LogP contribution in [0.3, 0.4) is 0 Å². The number of carbonyl (C=O) groups is 1. The molecule has 2 rings (SSSR count). The quantitative estimate of drug-likeness (QED) is 0.871. The van der Waals surface area contributed by atoms with Crippen LogP contribution in [0.25, 0.3) is 0 Å². The van der Waals surface area contributed by atoms with Crippen LogP contribution in [0.1, 0.15) is 28.8 Å². The molecule has 0 saturated carbocycles. The molecule has 4 nitrogen and oxygen atoms in total. The summed E-state index contributed by atoms with van der Waals surface area (Å²) >= 11 is 0. The molecule has 1 aliphatic rings. The lowest BCUT2D eigenvalue weighted by atomic mass is 10.0. The minimum Gasteiger partial charge on any atom is -0.349 e. The highest BCUT2D eigenvalue weighted by molar-refractivity contribution is 5.94. The zero-order valence-corrected chi connectivity index (χ0v) is 11.9. The van der Waals surface area contributed by atoms with Gasteiger partial charge in [-0.05, 0) is 31.0 Å². The van der Waals surface area contributed by atoms with Gasteiger partial charge >= 0.3 is 6.18 Å². The van der Waals surface area contributed by atoms with Gasteiger partial charge in [0.05, 0.1) is 12.7 Å². The molecule has 1 aromatic rings. The normalized spacial score (nSPS) is 17.5. The van der Waals surface area contributed by atoms with Gasteiger partial charge in [0.15, 0.2) is 0 Å². The monoisotopic (exact) mass is 320 g/mol. The van der Waals surface area contributed by atoms with Gasteiger partial charge in [0.2, 0.25) is 0 Å². The number of alkyl halides is 3. The molecule has 122 valence electrons. The fraction of sp³-hybridized carbons (Fsp3) is 0.500. The number of piperidine rings is 1. The Labute approximate surface area is 125 Å². The maximum absolute atomic E-state index is 13.3. The third kappa shape index (κ3) is 4.17. The van der Waals surface area contributed by atoms with Crippen LogP contribution in [0.5, 0.6) is 0 Å². The van der Waals surface area contributed by atoms with Gasteiger partial charge in [-0.25, -0.2) is 4.39 Å². The fourth-order valence-electron chi connectivity index (χ4n) is 2.34. The predicted octanol–water partition coefficient (Wildman–Crippen LogP) is 2.60. The number of benzene rings is 1. The van der Waals surface area contributed by atoms with Crippen molar-refractivity contribution in [3.05, 3.63) is 35.1 Å². The molecule has 0 bridgehead atoms. The number of rotatable bonds is 3. The highest BCUT2D eigenvalue weighted by Crippen LogP contribution is 2.30. The molecule has 1 N–H and O–H groups in total. The molecule has 0 radical (unpaired) electrons. The Morgan fingerprint density at radius 1 is 1.27 bits per heavy atom. The molecular formula is C14H16F4N2O2. The van der Waals surface area contributed by atoms with Crippen molar-refractivity contribution in [3.63, 3.8) is 0 Å². The van der Waals surface area contributed by atoms with E-state index in [1.807, 2.05) is 0 Å². The van der Waals surface area contributed by atoms with Crippen molar-refractivity contribution in [2.75, 3.05) is 20.2 Å². The zero-order valence-electron chi connectivity index (χ0n) is 11.9. The number of hydroxylamine groups is 2. The SMILES string of the molecule is CON1CCC(NC(=O)c2cc(F)cc(C(F)(F)F)c2)CC1. The number of hydrogen-bond donors (Lipinski definition) is 1. The van der Waals surface area contributed by atoms with Crippen molar-refractivity contribution in [2.45, 2.75) is 25.1 Å². The van der Waals surface area contributed by atoms with E-state index in [4.69, 9.17) is 4.84 Å². The molecule has 1 saturated heterocycles. The number of hydrogen-bond acceptors (Lipinski definition) is 3. The van der Waals surface area contributed by atoms with Crippen LogP contribution in [0.15, 0.2) is 18.2 Å². The first-order chi connectivity index (χ1) is 10.3. The highest BCUT2D eigenvalue weighted by atomic mass is 19.4. The predicted molar refractivity (Wildman–Crippen MR) is 70.5 cm³/mol. The molecule has 0 unspecified atom stereocenters. The van der Waals surface area contributed by atoms with Crippen molar-refractivity contribution in [2.24, 2.45) is 0 Å². The minimum absolute atomic E-state index is 0.170. The summed E-state index contributed by atoms with van der Waals surface area (Å²) in [5, 5.41) is 4.36. The van der Waals surface area contributed by atoms with E-state index in [1.165, 1.54) is 0 Å². The van der Waals surface area contributed by atoms with Gasteiger partial charge in [-0.15, -0.1) is 0 Å². The molecule has 0 atom stereocenters. The van der Waals surface area contributed by atoms with Crippen LogP contribution in [0.2, 0.25) is 0 Å². The molecule has 0 aromatic heterocycles. The number of nitrogens with one attached hydrogen (secondary N) is 1. The third-order valence-electron chi connectivity index (χ3n) is 3.53. The second-order valence-electron chi connectivity index (χ2n) is 5.09. The lowest BCUT2D eigenvalue weighted by Crippen LogP contribution is -2.44. The van der Waals surface area contributed by atoms with Gasteiger partial charge in [0.25, 0.3) is 5.91 Å². The summed E-state index contributed by atoms with van der Waals surface area (Å²) in [6, 6.07) is 1.65. The summed E-state index contributed by atoms with van der Waals surface area (Å²) in [6.45, 7) is 1.22. The largest absolute Gasteiger partial charge is 0.416 e. The standard InChI is InChI=1S/C14H16F4N2O2/c1-22-20-4-2-12(3-5-20)19-13(21)9-6-10(14(16,17)18)8-11(15)7-9/h6-8,12H,2-5H2,1H3,(H,19,21). The van der Waals surface area contributed by atoms with E-state index in [0.29, 0.717) is 38.1 Å². The average Bonchev–Trinajstić information content (AvgIpc) is 2.46. The van der Waals surface area contributed by atoms with Crippen molar-refractivity contribution in [1.82, 2.24) is 10.4 Å². The molecule has 1 amide bonds. The molecule has 1 aliphatic heterocycles. The Balaban J connectivity index is 2.05. The maximum atomic E-state index is 13.3. The highest BCUT2D eigenvalue weighted by Gasteiger charge is 2.32. The van der Waals surface area contributed by atoms with Crippen molar-refractivity contribution in [3.8, 4) is 0 Å². The third-order valence-corrected chi connectivity index (χ3v) is 3.53. The Morgan fingerprint density at radius 3 is 2.45 bits per heavy atom. The molecule has 22 heavy (non-hydrogen) atoms. The molecule has 1 aromatic carbocycles. The van der Waals surface area contributed by atoms with Crippen LogP contribution in [-0.4, -0.2) is 37.2 Å². The van der Waals surface area contributed by atoms with E-state index in [0.717, 1.165) is 6.07 Å². The van der Waals surface area contributed by atoms with Crippen LogP contribution in [0, 0.1) is 5.82 Å². The number of carbonyl (C=O) groups excluding carboxylic acids is 1. The van der Waals surface area contributed by atoms with Gasteiger partial charge in [0.1, 0.15) is 5.82 Å². The Hall–Kier alpha value is -1.67. The minimum atomic E-state index is -4.69. The van der Waals surface area contributed by atoms with E-state index in [1.54, 1.807) is 12.2 Å². The van der Waals surface area contributed by atoms with E-state index in [2.05, 4.69) is 5.32 Å². The van der Waals surface area contributed by atoms with Gasteiger partial charge in [0, 0.05) is 24.7 Å². The summed E-state index contributed by atoms with van der Waals surface area (Å²) < 4.78 is 51.2. The molecule has 8 heteroatoms. The molecule has 1 heterocycles. The first kappa shape index (κ1) is 16.7. The van der Waals surface area contributed by atoms with E-state index in [9.17, 15) is 22.4 Å². The fourth-order valence-corrected chi connectivity index (χ4v) is 2.34. The maximum Gasteiger partial charge on any atom is 0.416 e. The molecule has 1 fully saturated rings. The lowest BCUT2D eigenvalue weighted by Gasteiger charge is -2.30. The number of amides is 1. The number of nitrogens with zero attached hydrogens (tertiary/aromatic N) is 1. The van der Waals surface area contributed by atoms with E-state index >= 15 is 0 Å². The summed E-state index contributed by atoms with van der Waals surface area (Å²) in [4.78, 5) is 17.0. The van der Waals surface area contributed by atoms with Crippen molar-refractivity contribution < 1.29 is 27.2 Å². The average molecular weight is 320 g/mol. The molecular weight excluding hydrogens is 304 g/mol. The summed E-state index contributed by atoms with van der Waals surface area (Å²) in [6.07, 6.45) is -3.47. The van der Waals surface area contributed by atoms with Gasteiger partial charge < -0.3 is 10.2 Å². The van der Waals surface area contributed by atoms with Crippen LogP contribution >= 0.6 is 0 Å². The first-order valence-corrected chi connectivity index (χ1v) is 6.77. The molecule has 0 aliphatic carbocycles. The summed E-state index contributed by atoms with van der Waals surface area (Å²) in [5.74, 6) is -1.80. The van der Waals surface area contributed by atoms with E-state index < -0.39 is 23.5 Å². The van der Waals surface area contributed by atoms with Crippen LogP contribution in [-0.2, 0) is 11.0 Å². The topological polar surface area (TPSA) is 41.6 Å². The van der Waals surface area contributed by atoms with Gasteiger partial charge in [-0.1, -0.05) is 0 Å². The lowest BCUT2D eigenvalue weighted by molar-refractivity contribution is -0.144. The van der Waals surface area contributed by atoms with Crippen molar-refractivity contribution >= 4 is 5.91 Å². The van der Waals surface area contributed by atoms with E-state index in [-0.39, 0.29) is 11.6 Å². The smallest absolute Gasteiger partial charge is 0.349 e. The summed E-state index contributed by atoms with van der Waals surface area (Å²) in [7, 11) is 1.55. The van der Waals surface area contributed by atoms with Crippen LogP contribution < -0.4 is 5.32 Å². The second-order valence-corrected chi connectivity index (χ2v) is 5.09. The number of halogens is 4. The van der Waals surface area contributed by atoms with Crippen molar-refractivity contribution in [1.29, 1.82) is 0 Å². The zero-order chi connectivity index (χ0) is 16.3. The Bertz CT molecular complexity index is 540. The van der Waals surface area contributed by atoms with Gasteiger partial charge in [-0.2, -0.15) is 18.2 Å². The Morgan fingerprint density at radius 2 is 1.91 bits per heavy atom. The van der Waals surface area contributed by atoms with Gasteiger partial charge in [-0.3, -0.25) is 4.79 Å².